The molecule has 1 N–H and O–H groups in total. The molecule has 1 aromatic carbocycles. The predicted molar refractivity (Wildman–Crippen MR) is 92.5 cm³/mol. The average molecular weight is 329 g/mol. The second-order valence-electron chi connectivity index (χ2n) is 7.66. The number of rotatable bonds is 3. The van der Waals surface area contributed by atoms with Gasteiger partial charge in [0.2, 0.25) is 5.91 Å². The molecule has 0 saturated carbocycles. The standard InChI is InChI=1S/C19H27N3O2/c1-15-9-21(10-16-5-3-2-4-6-16)11-17(15)18(23)22-7-8-24-19(14-22)12-20-13-19/h2-6,15,17,20H,7-14H2,1H3. The van der Waals surface area contributed by atoms with Crippen LogP contribution < -0.4 is 5.32 Å². The summed E-state index contributed by atoms with van der Waals surface area (Å²) >= 11 is 0. The van der Waals surface area contributed by atoms with E-state index in [1.54, 1.807) is 0 Å². The van der Waals surface area contributed by atoms with E-state index < -0.39 is 0 Å². The van der Waals surface area contributed by atoms with Crippen LogP contribution >= 0.6 is 0 Å². The molecule has 0 bridgehead atoms. The Balaban J connectivity index is 1.38. The average Bonchev–Trinajstić information content (AvgIpc) is 2.94. The number of likely N-dealkylation sites (tertiary alicyclic amines) is 1. The molecule has 0 aliphatic carbocycles. The van der Waals surface area contributed by atoms with Crippen molar-refractivity contribution in [2.45, 2.75) is 19.1 Å². The zero-order chi connectivity index (χ0) is 16.6. The Morgan fingerprint density at radius 1 is 1.29 bits per heavy atom. The van der Waals surface area contributed by atoms with Gasteiger partial charge < -0.3 is 15.0 Å². The lowest BCUT2D eigenvalue weighted by Gasteiger charge is -2.49. The molecular weight excluding hydrogens is 302 g/mol. The van der Waals surface area contributed by atoms with Crippen LogP contribution in [0.25, 0.3) is 0 Å². The quantitative estimate of drug-likeness (QED) is 0.897. The molecule has 2 unspecified atom stereocenters. The first-order valence-corrected chi connectivity index (χ1v) is 9.05. The molecule has 4 rings (SSSR count). The molecule has 0 radical (unpaired) electrons. The van der Waals surface area contributed by atoms with E-state index >= 15 is 0 Å². The highest BCUT2D eigenvalue weighted by atomic mass is 16.5. The highest BCUT2D eigenvalue weighted by Crippen LogP contribution is 2.29. The van der Waals surface area contributed by atoms with Gasteiger partial charge in [0.05, 0.1) is 19.1 Å². The summed E-state index contributed by atoms with van der Waals surface area (Å²) in [7, 11) is 0. The minimum Gasteiger partial charge on any atom is -0.369 e. The van der Waals surface area contributed by atoms with E-state index in [-0.39, 0.29) is 11.5 Å². The zero-order valence-corrected chi connectivity index (χ0v) is 14.4. The van der Waals surface area contributed by atoms with Gasteiger partial charge in [-0.05, 0) is 11.5 Å². The molecule has 2 atom stereocenters. The summed E-state index contributed by atoms with van der Waals surface area (Å²) in [5.41, 5.74) is 1.21. The number of benzene rings is 1. The molecule has 130 valence electrons. The molecule has 0 aromatic heterocycles. The van der Waals surface area contributed by atoms with Crippen molar-refractivity contribution in [3.8, 4) is 0 Å². The van der Waals surface area contributed by atoms with E-state index in [4.69, 9.17) is 4.74 Å². The maximum Gasteiger partial charge on any atom is 0.227 e. The molecule has 1 aromatic rings. The van der Waals surface area contributed by atoms with Crippen LogP contribution in [0.2, 0.25) is 0 Å². The van der Waals surface area contributed by atoms with Gasteiger partial charge in [-0.2, -0.15) is 0 Å². The van der Waals surface area contributed by atoms with Gasteiger partial charge in [0, 0.05) is 39.3 Å². The molecule has 3 saturated heterocycles. The van der Waals surface area contributed by atoms with Crippen LogP contribution in [0.1, 0.15) is 12.5 Å². The third-order valence-electron chi connectivity index (χ3n) is 5.71. The van der Waals surface area contributed by atoms with E-state index in [0.29, 0.717) is 18.4 Å². The third kappa shape index (κ3) is 3.08. The zero-order valence-electron chi connectivity index (χ0n) is 14.4. The van der Waals surface area contributed by atoms with Crippen molar-refractivity contribution >= 4 is 5.91 Å². The molecular formula is C19H27N3O2. The number of carbonyl (C=O) groups excluding carboxylic acids is 1. The second kappa shape index (κ2) is 6.47. The molecule has 3 aliphatic heterocycles. The van der Waals surface area contributed by atoms with Gasteiger partial charge in [-0.15, -0.1) is 0 Å². The lowest BCUT2D eigenvalue weighted by Crippen LogP contribution is -2.69. The summed E-state index contributed by atoms with van der Waals surface area (Å²) in [4.78, 5) is 17.5. The number of nitrogens with one attached hydrogen (secondary N) is 1. The third-order valence-corrected chi connectivity index (χ3v) is 5.71. The summed E-state index contributed by atoms with van der Waals surface area (Å²) < 4.78 is 5.90. The predicted octanol–water partition coefficient (Wildman–Crippen LogP) is 0.955. The first kappa shape index (κ1) is 16.1. The smallest absolute Gasteiger partial charge is 0.227 e. The maximum absolute atomic E-state index is 13.1. The number of hydrogen-bond donors (Lipinski definition) is 1. The first-order chi connectivity index (χ1) is 11.7. The Morgan fingerprint density at radius 2 is 2.08 bits per heavy atom. The van der Waals surface area contributed by atoms with Gasteiger partial charge in [-0.3, -0.25) is 9.69 Å². The molecule has 3 aliphatic rings. The number of amides is 1. The van der Waals surface area contributed by atoms with E-state index in [1.165, 1.54) is 5.56 Å². The Kier molecular flexibility index (Phi) is 4.33. The van der Waals surface area contributed by atoms with Crippen molar-refractivity contribution in [2.75, 3.05) is 45.9 Å². The van der Waals surface area contributed by atoms with Gasteiger partial charge in [-0.1, -0.05) is 37.3 Å². The lowest BCUT2D eigenvalue weighted by molar-refractivity contribution is -0.163. The van der Waals surface area contributed by atoms with E-state index in [9.17, 15) is 4.79 Å². The van der Waals surface area contributed by atoms with Crippen molar-refractivity contribution in [2.24, 2.45) is 11.8 Å². The normalized spacial score (nSPS) is 29.6. The Hall–Kier alpha value is -1.43. The van der Waals surface area contributed by atoms with Crippen LogP contribution in [-0.2, 0) is 16.1 Å². The van der Waals surface area contributed by atoms with Crippen LogP contribution in [0.5, 0.6) is 0 Å². The van der Waals surface area contributed by atoms with E-state index in [0.717, 1.165) is 45.8 Å². The van der Waals surface area contributed by atoms with Gasteiger partial charge in [0.1, 0.15) is 5.60 Å². The van der Waals surface area contributed by atoms with Gasteiger partial charge in [0.15, 0.2) is 0 Å². The fraction of sp³-hybridized carbons (Fsp3) is 0.632. The topological polar surface area (TPSA) is 44.8 Å². The minimum atomic E-state index is -0.112. The Labute approximate surface area is 144 Å². The number of carbonyl (C=O) groups is 1. The summed E-state index contributed by atoms with van der Waals surface area (Å²) in [6.07, 6.45) is 0. The highest BCUT2D eigenvalue weighted by molar-refractivity contribution is 5.80. The summed E-state index contributed by atoms with van der Waals surface area (Å²) in [6, 6.07) is 10.5. The number of morpholine rings is 1. The summed E-state index contributed by atoms with van der Waals surface area (Å²) in [5.74, 6) is 0.865. The van der Waals surface area contributed by atoms with Crippen LogP contribution in [0.3, 0.4) is 0 Å². The van der Waals surface area contributed by atoms with Crippen molar-refractivity contribution in [1.29, 1.82) is 0 Å². The van der Waals surface area contributed by atoms with E-state index in [1.807, 2.05) is 6.07 Å². The van der Waals surface area contributed by atoms with Crippen LogP contribution in [0.4, 0.5) is 0 Å². The summed E-state index contributed by atoms with van der Waals surface area (Å²) in [5, 5.41) is 3.27. The van der Waals surface area contributed by atoms with Crippen LogP contribution in [0.15, 0.2) is 30.3 Å². The fourth-order valence-electron chi connectivity index (χ4n) is 4.24. The molecule has 24 heavy (non-hydrogen) atoms. The van der Waals surface area contributed by atoms with Crippen LogP contribution in [0, 0.1) is 11.8 Å². The molecule has 5 nitrogen and oxygen atoms in total. The number of ether oxygens (including phenoxy) is 1. The van der Waals surface area contributed by atoms with Crippen molar-refractivity contribution in [3.05, 3.63) is 35.9 Å². The summed E-state index contributed by atoms with van der Waals surface area (Å²) in [6.45, 7) is 8.93. The van der Waals surface area contributed by atoms with Gasteiger partial charge in [-0.25, -0.2) is 0 Å². The minimum absolute atomic E-state index is 0.112. The molecule has 1 amide bonds. The van der Waals surface area contributed by atoms with Crippen molar-refractivity contribution in [1.82, 2.24) is 15.1 Å². The van der Waals surface area contributed by atoms with Crippen molar-refractivity contribution < 1.29 is 9.53 Å². The maximum atomic E-state index is 13.1. The molecule has 3 fully saturated rings. The molecule has 5 heteroatoms. The van der Waals surface area contributed by atoms with E-state index in [2.05, 4.69) is 46.3 Å². The Morgan fingerprint density at radius 3 is 2.79 bits per heavy atom. The van der Waals surface area contributed by atoms with Gasteiger partial charge in [0.25, 0.3) is 0 Å². The molecule has 1 spiro atoms. The number of hydrogen-bond acceptors (Lipinski definition) is 4. The van der Waals surface area contributed by atoms with Crippen LogP contribution in [-0.4, -0.2) is 67.2 Å². The second-order valence-corrected chi connectivity index (χ2v) is 7.66. The highest BCUT2D eigenvalue weighted by Gasteiger charge is 2.45. The lowest BCUT2D eigenvalue weighted by atomic mass is 9.92. The fourth-order valence-corrected chi connectivity index (χ4v) is 4.24. The molecule has 3 heterocycles. The first-order valence-electron chi connectivity index (χ1n) is 9.05. The monoisotopic (exact) mass is 329 g/mol. The Bertz CT molecular complexity index is 588. The van der Waals surface area contributed by atoms with Gasteiger partial charge >= 0.3 is 0 Å². The van der Waals surface area contributed by atoms with Crippen molar-refractivity contribution in [3.63, 3.8) is 0 Å². The largest absolute Gasteiger partial charge is 0.369 e. The SMILES string of the molecule is CC1CN(Cc2ccccc2)CC1C(=O)N1CCOC2(CNC2)C1. The number of nitrogens with zero attached hydrogens (tertiary/aromatic N) is 2.